The largest absolute Gasteiger partial charge is 0.350 e. The maximum absolute atomic E-state index is 14.9. The highest BCUT2D eigenvalue weighted by Gasteiger charge is 2.24. The highest BCUT2D eigenvalue weighted by atomic mass is 32.1. The third-order valence-electron chi connectivity index (χ3n) is 5.96. The van der Waals surface area contributed by atoms with Crippen molar-refractivity contribution in [1.29, 1.82) is 0 Å². The molecular formula is C22H21F2N3S2. The summed E-state index contributed by atoms with van der Waals surface area (Å²) in [6.07, 6.45) is 7.99. The molecule has 0 spiro atoms. The standard InChI is InChI=1S/C22H21F2N3S2/c1-12-5-3-2-4-6-13(12)17-9-14-16(7-8-25-22(14)29-17)27-20-15(23)10-18-21(19(20)24)26-11-28-18/h7-13H,2-6H2,1H3,(H,25,27)/t12-,13-/m0/s1. The summed E-state index contributed by atoms with van der Waals surface area (Å²) in [4.78, 5) is 10.8. The Balaban J connectivity index is 1.55. The molecule has 0 aliphatic heterocycles. The van der Waals surface area contributed by atoms with Gasteiger partial charge in [0, 0.05) is 16.5 Å². The number of rotatable bonds is 3. The summed E-state index contributed by atoms with van der Waals surface area (Å²) in [7, 11) is 0. The van der Waals surface area contributed by atoms with Gasteiger partial charge in [0.05, 0.1) is 15.9 Å². The smallest absolute Gasteiger partial charge is 0.176 e. The first-order valence-corrected chi connectivity index (χ1v) is 11.7. The molecule has 1 aliphatic rings. The van der Waals surface area contributed by atoms with Gasteiger partial charge in [-0.1, -0.05) is 32.6 Å². The number of thiazole rings is 1. The molecule has 0 unspecified atom stereocenters. The zero-order chi connectivity index (χ0) is 20.0. The van der Waals surface area contributed by atoms with Gasteiger partial charge in [0.2, 0.25) is 0 Å². The van der Waals surface area contributed by atoms with E-state index in [0.29, 0.717) is 22.2 Å². The van der Waals surface area contributed by atoms with Crippen LogP contribution in [0.4, 0.5) is 20.2 Å². The Morgan fingerprint density at radius 2 is 1.97 bits per heavy atom. The molecule has 0 amide bonds. The minimum atomic E-state index is -0.654. The van der Waals surface area contributed by atoms with Gasteiger partial charge in [0.1, 0.15) is 16.0 Å². The summed E-state index contributed by atoms with van der Waals surface area (Å²) >= 11 is 2.93. The fourth-order valence-corrected chi connectivity index (χ4v) is 6.34. The number of benzene rings is 1. The molecule has 7 heteroatoms. The predicted molar refractivity (Wildman–Crippen MR) is 117 cm³/mol. The number of halogens is 2. The van der Waals surface area contributed by atoms with Gasteiger partial charge in [-0.25, -0.2) is 18.7 Å². The van der Waals surface area contributed by atoms with Gasteiger partial charge in [0.15, 0.2) is 11.6 Å². The number of aromatic nitrogens is 2. The van der Waals surface area contributed by atoms with Crippen LogP contribution < -0.4 is 5.32 Å². The van der Waals surface area contributed by atoms with Crippen molar-refractivity contribution < 1.29 is 8.78 Å². The number of nitrogens with zero attached hydrogens (tertiary/aromatic N) is 2. The van der Waals surface area contributed by atoms with E-state index in [9.17, 15) is 8.78 Å². The number of thiophene rings is 1. The molecule has 2 atom stereocenters. The molecule has 1 aromatic carbocycles. The lowest BCUT2D eigenvalue weighted by Crippen LogP contribution is -2.06. The van der Waals surface area contributed by atoms with E-state index < -0.39 is 11.6 Å². The van der Waals surface area contributed by atoms with Crippen LogP contribution in [0.3, 0.4) is 0 Å². The van der Waals surface area contributed by atoms with Crippen molar-refractivity contribution in [2.75, 3.05) is 5.32 Å². The molecule has 0 saturated heterocycles. The number of pyridine rings is 1. The quantitative estimate of drug-likeness (QED) is 0.341. The molecule has 1 saturated carbocycles. The minimum absolute atomic E-state index is 0.161. The number of fused-ring (bicyclic) bond motifs is 2. The van der Waals surface area contributed by atoms with Gasteiger partial charge in [0.25, 0.3) is 0 Å². The zero-order valence-corrected chi connectivity index (χ0v) is 17.7. The average Bonchev–Trinajstić information content (AvgIpc) is 3.29. The molecule has 29 heavy (non-hydrogen) atoms. The molecule has 4 aromatic rings. The number of hydrogen-bond acceptors (Lipinski definition) is 5. The molecule has 1 fully saturated rings. The van der Waals surface area contributed by atoms with Crippen molar-refractivity contribution in [2.45, 2.75) is 44.9 Å². The maximum atomic E-state index is 14.9. The summed E-state index contributed by atoms with van der Waals surface area (Å²) in [5.74, 6) is -0.0931. The van der Waals surface area contributed by atoms with E-state index in [2.05, 4.69) is 28.3 Å². The van der Waals surface area contributed by atoms with Gasteiger partial charge >= 0.3 is 0 Å². The second-order valence-corrected chi connectivity index (χ2v) is 9.77. The maximum Gasteiger partial charge on any atom is 0.176 e. The third-order valence-corrected chi connectivity index (χ3v) is 7.91. The van der Waals surface area contributed by atoms with Crippen molar-refractivity contribution in [2.24, 2.45) is 5.92 Å². The van der Waals surface area contributed by atoms with Gasteiger partial charge < -0.3 is 5.32 Å². The molecule has 1 N–H and O–H groups in total. The monoisotopic (exact) mass is 429 g/mol. The highest BCUT2D eigenvalue weighted by Crippen LogP contribution is 2.43. The van der Waals surface area contributed by atoms with Crippen LogP contribution in [0.5, 0.6) is 0 Å². The van der Waals surface area contributed by atoms with E-state index in [1.54, 1.807) is 23.6 Å². The molecule has 3 aromatic heterocycles. The van der Waals surface area contributed by atoms with E-state index in [0.717, 1.165) is 10.2 Å². The molecule has 3 nitrogen and oxygen atoms in total. The van der Waals surface area contributed by atoms with E-state index in [1.165, 1.54) is 59.9 Å². The molecule has 150 valence electrons. The lowest BCUT2D eigenvalue weighted by Gasteiger charge is -2.19. The van der Waals surface area contributed by atoms with Crippen molar-refractivity contribution in [3.05, 3.63) is 46.4 Å². The van der Waals surface area contributed by atoms with Crippen molar-refractivity contribution in [3.8, 4) is 0 Å². The average molecular weight is 430 g/mol. The topological polar surface area (TPSA) is 37.8 Å². The normalized spacial score (nSPS) is 20.2. The third kappa shape index (κ3) is 3.40. The zero-order valence-electron chi connectivity index (χ0n) is 16.0. The van der Waals surface area contributed by atoms with Crippen LogP contribution in [0, 0.1) is 17.6 Å². The van der Waals surface area contributed by atoms with Crippen LogP contribution >= 0.6 is 22.7 Å². The first kappa shape index (κ1) is 18.9. The predicted octanol–water partition coefficient (Wildman–Crippen LogP) is 7.61. The SMILES string of the molecule is C[C@H]1CCCCC[C@@H]1c1cc2c(Nc3c(F)cc4scnc4c3F)ccnc2s1. The van der Waals surface area contributed by atoms with Crippen LogP contribution in [0.2, 0.25) is 0 Å². The molecule has 5 rings (SSSR count). The molecule has 1 aliphatic carbocycles. The Bertz CT molecular complexity index is 1180. The summed E-state index contributed by atoms with van der Waals surface area (Å²) in [6, 6.07) is 5.28. The molecule has 0 bridgehead atoms. The second kappa shape index (κ2) is 7.61. The lowest BCUT2D eigenvalue weighted by molar-refractivity contribution is 0.440. The fraction of sp³-hybridized carbons (Fsp3) is 0.364. The second-order valence-electron chi connectivity index (χ2n) is 7.82. The summed E-state index contributed by atoms with van der Waals surface area (Å²) < 4.78 is 30.0. The molecule has 0 radical (unpaired) electrons. The first-order valence-electron chi connectivity index (χ1n) is 9.98. The Morgan fingerprint density at radius 1 is 1.10 bits per heavy atom. The summed E-state index contributed by atoms with van der Waals surface area (Å²) in [5, 5.41) is 3.90. The van der Waals surface area contributed by atoms with Gasteiger partial charge in [-0.15, -0.1) is 22.7 Å². The van der Waals surface area contributed by atoms with Crippen LogP contribution in [0.25, 0.3) is 20.4 Å². The number of nitrogens with one attached hydrogen (secondary N) is 1. The van der Waals surface area contributed by atoms with Crippen molar-refractivity contribution in [3.63, 3.8) is 0 Å². The Morgan fingerprint density at radius 3 is 2.86 bits per heavy atom. The van der Waals surface area contributed by atoms with Gasteiger partial charge in [-0.2, -0.15) is 0 Å². The van der Waals surface area contributed by atoms with E-state index in [4.69, 9.17) is 0 Å². The number of anilines is 2. The van der Waals surface area contributed by atoms with Gasteiger partial charge in [-0.3, -0.25) is 0 Å². The Hall–Kier alpha value is -2.12. The summed E-state index contributed by atoms with van der Waals surface area (Å²) in [5.41, 5.74) is 2.24. The molecular weight excluding hydrogens is 408 g/mol. The fourth-order valence-electron chi connectivity index (χ4n) is 4.35. The Kier molecular flexibility index (Phi) is 4.95. The highest BCUT2D eigenvalue weighted by molar-refractivity contribution is 7.18. The Labute approximate surface area is 175 Å². The van der Waals surface area contributed by atoms with Crippen LogP contribution in [-0.2, 0) is 0 Å². The van der Waals surface area contributed by atoms with E-state index in [-0.39, 0.29) is 11.2 Å². The first-order chi connectivity index (χ1) is 14.1. The van der Waals surface area contributed by atoms with E-state index in [1.807, 2.05) is 0 Å². The minimum Gasteiger partial charge on any atom is -0.350 e. The van der Waals surface area contributed by atoms with Crippen molar-refractivity contribution >= 4 is 54.5 Å². The number of hydrogen-bond donors (Lipinski definition) is 1. The molecule has 3 heterocycles. The van der Waals surface area contributed by atoms with Gasteiger partial charge in [-0.05, 0) is 36.5 Å². The van der Waals surface area contributed by atoms with Crippen LogP contribution in [0.1, 0.15) is 49.8 Å². The van der Waals surface area contributed by atoms with Crippen molar-refractivity contribution in [1.82, 2.24) is 9.97 Å². The van der Waals surface area contributed by atoms with E-state index >= 15 is 0 Å². The lowest BCUT2D eigenvalue weighted by atomic mass is 9.88. The summed E-state index contributed by atoms with van der Waals surface area (Å²) in [6.45, 7) is 2.33. The van der Waals surface area contributed by atoms with Crippen LogP contribution in [0.15, 0.2) is 29.9 Å². The van der Waals surface area contributed by atoms with Crippen LogP contribution in [-0.4, -0.2) is 9.97 Å².